The Morgan fingerprint density at radius 1 is 1.10 bits per heavy atom. The topological polar surface area (TPSA) is 82.2 Å². The fourth-order valence-corrected chi connectivity index (χ4v) is 6.20. The predicted molar refractivity (Wildman–Crippen MR) is 121 cm³/mol. The highest BCUT2D eigenvalue weighted by atomic mass is 32.2. The molecule has 8 nitrogen and oxygen atoms in total. The second-order valence-corrected chi connectivity index (χ2v) is 10.9. The van der Waals surface area contributed by atoms with Crippen LogP contribution in [0, 0.1) is 5.92 Å². The molecule has 4 rings (SSSR count). The third kappa shape index (κ3) is 5.39. The molecule has 3 aliphatic rings. The smallest absolute Gasteiger partial charge is 0.243 e. The molecule has 1 amide bonds. The molecule has 0 unspecified atom stereocenters. The molecule has 9 heteroatoms. The predicted octanol–water partition coefficient (Wildman–Crippen LogP) is 1.98. The van der Waals surface area contributed by atoms with Crippen LogP contribution >= 0.6 is 0 Å². The Morgan fingerprint density at radius 2 is 1.84 bits per heavy atom. The SMILES string of the molecule is C[C@H]1CCCN(CC(=O)Nc2cc(S(=O)(=O)N3CCOCC3)ccc2N2CCCC2)C1. The average molecular weight is 451 g/mol. The van der Waals surface area contributed by atoms with Crippen LogP contribution in [0.2, 0.25) is 0 Å². The minimum absolute atomic E-state index is 0.0875. The Labute approximate surface area is 185 Å². The van der Waals surface area contributed by atoms with Crippen LogP contribution in [-0.2, 0) is 19.6 Å². The third-order valence-electron chi connectivity index (χ3n) is 6.41. The molecule has 0 saturated carbocycles. The first kappa shape index (κ1) is 22.5. The van der Waals surface area contributed by atoms with Crippen molar-refractivity contribution in [2.75, 3.05) is 69.2 Å². The number of hydrogen-bond donors (Lipinski definition) is 1. The number of morpholine rings is 1. The molecular weight excluding hydrogens is 416 g/mol. The lowest BCUT2D eigenvalue weighted by Crippen LogP contribution is -2.41. The Morgan fingerprint density at radius 3 is 2.55 bits per heavy atom. The maximum Gasteiger partial charge on any atom is 0.243 e. The van der Waals surface area contributed by atoms with Crippen LogP contribution in [0.4, 0.5) is 11.4 Å². The van der Waals surface area contributed by atoms with Gasteiger partial charge in [-0.3, -0.25) is 9.69 Å². The zero-order valence-electron chi connectivity index (χ0n) is 18.4. The number of nitrogens with one attached hydrogen (secondary N) is 1. The summed E-state index contributed by atoms with van der Waals surface area (Å²) in [4.78, 5) is 17.5. The summed E-state index contributed by atoms with van der Waals surface area (Å²) in [5.41, 5.74) is 1.49. The van der Waals surface area contributed by atoms with Crippen molar-refractivity contribution in [2.24, 2.45) is 5.92 Å². The molecule has 3 fully saturated rings. The third-order valence-corrected chi connectivity index (χ3v) is 8.30. The van der Waals surface area contributed by atoms with Crippen LogP contribution in [0.5, 0.6) is 0 Å². The Hall–Kier alpha value is -1.68. The molecule has 1 N–H and O–H groups in total. The van der Waals surface area contributed by atoms with E-state index in [4.69, 9.17) is 4.74 Å². The fraction of sp³-hybridized carbons (Fsp3) is 0.682. The maximum atomic E-state index is 13.1. The molecule has 0 bridgehead atoms. The Balaban J connectivity index is 1.55. The van der Waals surface area contributed by atoms with Gasteiger partial charge in [0.05, 0.1) is 36.0 Å². The van der Waals surface area contributed by atoms with Gasteiger partial charge in [-0.15, -0.1) is 0 Å². The van der Waals surface area contributed by atoms with Crippen LogP contribution in [0.25, 0.3) is 0 Å². The number of hydrogen-bond acceptors (Lipinski definition) is 6. The van der Waals surface area contributed by atoms with E-state index in [1.54, 1.807) is 12.1 Å². The highest BCUT2D eigenvalue weighted by Gasteiger charge is 2.28. The van der Waals surface area contributed by atoms with Crippen molar-refractivity contribution < 1.29 is 17.9 Å². The van der Waals surface area contributed by atoms with Crippen molar-refractivity contribution in [3.8, 4) is 0 Å². The van der Waals surface area contributed by atoms with Crippen molar-refractivity contribution in [2.45, 2.75) is 37.5 Å². The van der Waals surface area contributed by atoms with Crippen LogP contribution in [0.3, 0.4) is 0 Å². The molecule has 0 aliphatic carbocycles. The molecular formula is C22H34N4O4S. The quantitative estimate of drug-likeness (QED) is 0.714. The molecule has 3 heterocycles. The standard InChI is InChI=1S/C22H34N4O4S/c1-18-5-4-8-24(16-18)17-22(27)23-20-15-19(6-7-21(20)25-9-2-3-10-25)31(28,29)26-11-13-30-14-12-26/h6-7,15,18H,2-5,8-14,16-17H2,1H3,(H,23,27)/t18-/m0/s1. The van der Waals surface area contributed by atoms with Gasteiger partial charge >= 0.3 is 0 Å². The van der Waals surface area contributed by atoms with Gasteiger partial charge in [0.2, 0.25) is 15.9 Å². The van der Waals surface area contributed by atoms with Crippen LogP contribution < -0.4 is 10.2 Å². The second-order valence-electron chi connectivity index (χ2n) is 8.92. The molecule has 172 valence electrons. The molecule has 3 saturated heterocycles. The summed E-state index contributed by atoms with van der Waals surface area (Å²) in [5.74, 6) is 0.513. The van der Waals surface area contributed by atoms with E-state index in [2.05, 4.69) is 22.0 Å². The first-order valence-corrected chi connectivity index (χ1v) is 12.9. The van der Waals surface area contributed by atoms with E-state index in [0.717, 1.165) is 51.1 Å². The number of anilines is 2. The fourth-order valence-electron chi connectivity index (χ4n) is 4.77. The van der Waals surface area contributed by atoms with E-state index >= 15 is 0 Å². The second kappa shape index (κ2) is 9.85. The van der Waals surface area contributed by atoms with E-state index < -0.39 is 10.0 Å². The zero-order valence-corrected chi connectivity index (χ0v) is 19.2. The number of amides is 1. The van der Waals surface area contributed by atoms with E-state index in [1.165, 1.54) is 10.7 Å². The number of carbonyl (C=O) groups is 1. The lowest BCUT2D eigenvalue weighted by Gasteiger charge is -2.30. The number of rotatable bonds is 6. The van der Waals surface area contributed by atoms with Gasteiger partial charge in [0.1, 0.15) is 0 Å². The summed E-state index contributed by atoms with van der Waals surface area (Å²) in [6.45, 7) is 7.77. The summed E-state index contributed by atoms with van der Waals surface area (Å²) in [7, 11) is -3.62. The monoisotopic (exact) mass is 450 g/mol. The summed E-state index contributed by atoms with van der Waals surface area (Å²) < 4.78 is 33.1. The number of ether oxygens (including phenoxy) is 1. The lowest BCUT2D eigenvalue weighted by atomic mass is 10.0. The number of piperidine rings is 1. The first-order chi connectivity index (χ1) is 14.9. The highest BCUT2D eigenvalue weighted by molar-refractivity contribution is 7.89. The summed E-state index contributed by atoms with van der Waals surface area (Å²) in [6, 6.07) is 5.15. The van der Waals surface area contributed by atoms with Gasteiger partial charge in [-0.25, -0.2) is 8.42 Å². The van der Waals surface area contributed by atoms with Gasteiger partial charge in [0, 0.05) is 32.7 Å². The average Bonchev–Trinajstić information content (AvgIpc) is 3.29. The van der Waals surface area contributed by atoms with Gasteiger partial charge in [-0.2, -0.15) is 4.31 Å². The number of likely N-dealkylation sites (tertiary alicyclic amines) is 1. The van der Waals surface area contributed by atoms with E-state index in [1.807, 2.05) is 6.07 Å². The van der Waals surface area contributed by atoms with Crippen LogP contribution in [0.15, 0.2) is 23.1 Å². The van der Waals surface area contributed by atoms with Crippen molar-refractivity contribution >= 4 is 27.3 Å². The van der Waals surface area contributed by atoms with Crippen molar-refractivity contribution in [1.82, 2.24) is 9.21 Å². The minimum atomic E-state index is -3.62. The molecule has 1 aromatic rings. The van der Waals surface area contributed by atoms with Gasteiger partial charge < -0.3 is 15.0 Å². The van der Waals surface area contributed by atoms with Crippen molar-refractivity contribution in [3.05, 3.63) is 18.2 Å². The van der Waals surface area contributed by atoms with Gasteiger partial charge in [-0.1, -0.05) is 6.92 Å². The summed E-state index contributed by atoms with van der Waals surface area (Å²) in [5, 5.41) is 3.04. The minimum Gasteiger partial charge on any atom is -0.379 e. The van der Waals surface area contributed by atoms with Crippen LogP contribution in [0.1, 0.15) is 32.6 Å². The van der Waals surface area contributed by atoms with E-state index in [0.29, 0.717) is 44.5 Å². The molecule has 1 atom stereocenters. The molecule has 0 aromatic heterocycles. The highest BCUT2D eigenvalue weighted by Crippen LogP contribution is 2.32. The van der Waals surface area contributed by atoms with Crippen molar-refractivity contribution in [3.63, 3.8) is 0 Å². The number of sulfonamides is 1. The molecule has 0 spiro atoms. The molecule has 1 aromatic carbocycles. The first-order valence-electron chi connectivity index (χ1n) is 11.4. The number of nitrogens with zero attached hydrogens (tertiary/aromatic N) is 3. The van der Waals surface area contributed by atoms with Gasteiger partial charge in [-0.05, 0) is 56.3 Å². The zero-order chi connectivity index (χ0) is 21.8. The van der Waals surface area contributed by atoms with E-state index in [9.17, 15) is 13.2 Å². The Kier molecular flexibility index (Phi) is 7.15. The largest absolute Gasteiger partial charge is 0.379 e. The maximum absolute atomic E-state index is 13.1. The van der Waals surface area contributed by atoms with Crippen molar-refractivity contribution in [1.29, 1.82) is 0 Å². The van der Waals surface area contributed by atoms with E-state index in [-0.39, 0.29) is 10.8 Å². The van der Waals surface area contributed by atoms with Crippen LogP contribution in [-0.4, -0.2) is 82.6 Å². The molecule has 3 aliphatic heterocycles. The number of carbonyl (C=O) groups excluding carboxylic acids is 1. The summed E-state index contributed by atoms with van der Waals surface area (Å²) >= 11 is 0. The van der Waals surface area contributed by atoms with Gasteiger partial charge in [0.25, 0.3) is 0 Å². The Bertz CT molecular complexity index is 879. The molecule has 0 radical (unpaired) electrons. The van der Waals surface area contributed by atoms with Gasteiger partial charge in [0.15, 0.2) is 0 Å². The molecule has 31 heavy (non-hydrogen) atoms. The summed E-state index contributed by atoms with van der Waals surface area (Å²) in [6.07, 6.45) is 4.53. The number of benzene rings is 1. The normalized spacial score (nSPS) is 23.8. The lowest BCUT2D eigenvalue weighted by molar-refractivity contribution is -0.117.